The largest absolute Gasteiger partial charge is 0.464 e. The Morgan fingerprint density at radius 1 is 0.647 bits per heavy atom. The zero-order valence-electron chi connectivity index (χ0n) is 30.5. The van der Waals surface area contributed by atoms with Crippen molar-refractivity contribution in [2.24, 2.45) is 16.9 Å². The van der Waals surface area contributed by atoms with Crippen LogP contribution in [0.15, 0.2) is 12.4 Å². The van der Waals surface area contributed by atoms with Crippen LogP contribution in [0.3, 0.4) is 0 Å². The molecule has 19 heteroatoms. The number of hydrogen-bond acceptors (Lipinski definition) is 14. The van der Waals surface area contributed by atoms with Crippen LogP contribution in [0.5, 0.6) is 0 Å². The third kappa shape index (κ3) is 24.0. The lowest BCUT2D eigenvalue weighted by molar-refractivity contribution is -0.170. The van der Waals surface area contributed by atoms with E-state index in [-0.39, 0.29) is 65.3 Å². The Morgan fingerprint density at radius 2 is 1.08 bits per heavy atom. The van der Waals surface area contributed by atoms with Crippen LogP contribution in [-0.2, 0) is 52.4 Å². The van der Waals surface area contributed by atoms with Gasteiger partial charge in [-0.15, -0.1) is 0 Å². The van der Waals surface area contributed by atoms with Crippen molar-refractivity contribution in [3.8, 4) is 0 Å². The Morgan fingerprint density at radius 3 is 1.49 bits per heavy atom. The summed E-state index contributed by atoms with van der Waals surface area (Å²) in [5.41, 5.74) is 9.94. The van der Waals surface area contributed by atoms with E-state index in [0.29, 0.717) is 31.8 Å². The summed E-state index contributed by atoms with van der Waals surface area (Å²) in [5.74, 6) is -2.20. The molecule has 2 amide bonds. The van der Waals surface area contributed by atoms with E-state index in [2.05, 4.69) is 70.3 Å². The third-order valence-electron chi connectivity index (χ3n) is 6.49. The van der Waals surface area contributed by atoms with Gasteiger partial charge in [0.25, 0.3) is 0 Å². The fraction of sp³-hybridized carbons (Fsp3) is 0.781. The van der Waals surface area contributed by atoms with Crippen molar-refractivity contribution < 1.29 is 52.4 Å². The number of halogens is 3. The highest BCUT2D eigenvalue weighted by Gasteiger charge is 2.41. The average molecular weight is 927 g/mol. The summed E-state index contributed by atoms with van der Waals surface area (Å²) < 4.78 is 30.0. The molecule has 0 bridgehead atoms. The van der Waals surface area contributed by atoms with Crippen LogP contribution < -0.4 is 27.4 Å². The molecule has 0 aliphatic carbocycles. The van der Waals surface area contributed by atoms with Gasteiger partial charge in [0.2, 0.25) is 11.8 Å². The van der Waals surface area contributed by atoms with Crippen LogP contribution in [0.1, 0.15) is 54.4 Å². The second-order valence-electron chi connectivity index (χ2n) is 13.2. The van der Waals surface area contributed by atoms with Crippen molar-refractivity contribution in [1.82, 2.24) is 16.0 Å². The first-order valence-electron chi connectivity index (χ1n) is 16.3. The Kier molecular flexibility index (Phi) is 23.3. The molecule has 0 aromatic heterocycles. The lowest BCUT2D eigenvalue weighted by atomic mass is 9.92. The lowest BCUT2D eigenvalue weighted by Gasteiger charge is -2.34. The number of nitrogens with one attached hydrogen (secondary N) is 3. The summed E-state index contributed by atoms with van der Waals surface area (Å²) >= 11 is 9.75. The summed E-state index contributed by atoms with van der Waals surface area (Å²) in [4.78, 5) is 62.3. The molecule has 0 aliphatic rings. The Labute approximate surface area is 326 Å². The average Bonchev–Trinajstić information content (AvgIpc) is 3.02. The van der Waals surface area contributed by atoms with Gasteiger partial charge in [0.15, 0.2) is 0 Å². The number of hydrogen-bond donors (Lipinski definition) is 5. The van der Waals surface area contributed by atoms with E-state index in [9.17, 15) is 24.0 Å². The van der Waals surface area contributed by atoms with Crippen LogP contribution in [0.25, 0.3) is 0 Å². The van der Waals surface area contributed by atoms with Crippen LogP contribution in [0.2, 0.25) is 0 Å². The molecule has 1 atom stereocenters. The summed E-state index contributed by atoms with van der Waals surface area (Å²) in [5, 5.41) is 8.24. The molecule has 1 unspecified atom stereocenters. The quantitative estimate of drug-likeness (QED) is 0.0325. The number of alkyl halides is 3. The zero-order chi connectivity index (χ0) is 39.3. The van der Waals surface area contributed by atoms with Crippen molar-refractivity contribution in [3.63, 3.8) is 0 Å². The number of nitrogens with two attached hydrogens (primary N) is 2. The van der Waals surface area contributed by atoms with Crippen molar-refractivity contribution >= 4 is 77.5 Å². The summed E-state index contributed by atoms with van der Waals surface area (Å²) in [6.07, 6.45) is 1.17. The van der Waals surface area contributed by atoms with Gasteiger partial charge in [-0.1, -0.05) is 54.4 Å². The summed E-state index contributed by atoms with van der Waals surface area (Å²) in [6, 6.07) is -0.631. The van der Waals surface area contributed by atoms with Crippen LogP contribution in [-0.4, -0.2) is 128 Å². The maximum absolute atomic E-state index is 12.6. The van der Waals surface area contributed by atoms with Gasteiger partial charge in [-0.2, -0.15) is 0 Å². The molecule has 0 saturated carbocycles. The molecule has 0 aromatic carbocycles. The SMILES string of the molecule is C=C(N)NCCCC(N)C(=O)NCCOCCOCCNC(=O)COCC(COC(=O)C(C)(C)Br)(COC(=O)C(C)(C)Br)COC(=O)C(C)(C)Br. The monoisotopic (exact) mass is 923 g/mol. The smallest absolute Gasteiger partial charge is 0.322 e. The lowest BCUT2D eigenvalue weighted by Crippen LogP contribution is -2.47. The number of amides is 2. The van der Waals surface area contributed by atoms with E-state index >= 15 is 0 Å². The number of esters is 3. The first-order chi connectivity index (χ1) is 23.5. The molecular formula is C32H56Br3N5O11. The summed E-state index contributed by atoms with van der Waals surface area (Å²) in [6.45, 7) is 13.5. The van der Waals surface area contributed by atoms with Crippen LogP contribution in [0, 0.1) is 5.41 Å². The summed E-state index contributed by atoms with van der Waals surface area (Å²) in [7, 11) is 0. The van der Waals surface area contributed by atoms with Gasteiger partial charge < -0.3 is 55.8 Å². The highest BCUT2D eigenvalue weighted by Crippen LogP contribution is 2.27. The van der Waals surface area contributed by atoms with Gasteiger partial charge in [0, 0.05) is 19.6 Å². The number of carbonyl (C=O) groups is 5. The molecule has 0 aliphatic heterocycles. The Balaban J connectivity index is 4.81. The molecule has 0 radical (unpaired) electrons. The second kappa shape index (κ2) is 24.3. The van der Waals surface area contributed by atoms with Gasteiger partial charge in [-0.25, -0.2) is 0 Å². The molecule has 0 heterocycles. The molecule has 0 aromatic rings. The first-order valence-corrected chi connectivity index (χ1v) is 18.7. The predicted octanol–water partition coefficient (Wildman–Crippen LogP) is 1.53. The minimum atomic E-state index is -1.35. The van der Waals surface area contributed by atoms with Gasteiger partial charge in [-0.3, -0.25) is 24.0 Å². The van der Waals surface area contributed by atoms with Crippen molar-refractivity contribution in [2.45, 2.75) is 73.4 Å². The normalized spacial score (nSPS) is 12.7. The number of carbonyl (C=O) groups excluding carboxylic acids is 5. The highest BCUT2D eigenvalue weighted by molar-refractivity contribution is 9.10. The molecule has 0 rings (SSSR count). The molecule has 7 N–H and O–H groups in total. The molecule has 296 valence electrons. The molecule has 16 nitrogen and oxygen atoms in total. The number of ether oxygens (including phenoxy) is 6. The van der Waals surface area contributed by atoms with Gasteiger partial charge in [0.05, 0.1) is 50.3 Å². The first kappa shape index (κ1) is 49.0. The van der Waals surface area contributed by atoms with Gasteiger partial charge in [0.1, 0.15) is 39.4 Å². The Bertz CT molecular complexity index is 1050. The van der Waals surface area contributed by atoms with Crippen molar-refractivity contribution in [3.05, 3.63) is 12.4 Å². The predicted molar refractivity (Wildman–Crippen MR) is 201 cm³/mol. The minimum absolute atomic E-state index is 0.185. The topological polar surface area (TPSA) is 229 Å². The molecule has 51 heavy (non-hydrogen) atoms. The maximum atomic E-state index is 12.6. The van der Waals surface area contributed by atoms with E-state index in [1.54, 1.807) is 41.5 Å². The standard InChI is InChI=1S/C32H56Br3N5O11/c1-22(36)38-10-8-9-23(37)25(42)40-12-14-47-16-15-46-13-11-39-24(41)17-48-18-32(19-49-26(43)29(2,3)33,20-50-27(44)30(4,5)34)21-51-28(45)31(6,7)35/h23,38H,1,8-21,36-37H2,2-7H3,(H,39,41)(H,40,42). The minimum Gasteiger partial charge on any atom is -0.464 e. The van der Waals surface area contributed by atoms with Gasteiger partial charge in [-0.05, 0) is 54.4 Å². The fourth-order valence-corrected chi connectivity index (χ4v) is 3.84. The van der Waals surface area contributed by atoms with E-state index < -0.39 is 54.9 Å². The fourth-order valence-electron chi connectivity index (χ4n) is 3.50. The van der Waals surface area contributed by atoms with E-state index in [1.807, 2.05) is 0 Å². The van der Waals surface area contributed by atoms with Crippen molar-refractivity contribution in [1.29, 1.82) is 0 Å². The molecule has 0 saturated heterocycles. The zero-order valence-corrected chi connectivity index (χ0v) is 35.2. The molecular weight excluding hydrogens is 870 g/mol. The Hall–Kier alpha value is -2.03. The highest BCUT2D eigenvalue weighted by atomic mass is 79.9. The number of rotatable bonds is 28. The van der Waals surface area contributed by atoms with Crippen molar-refractivity contribution in [2.75, 3.05) is 79.1 Å². The molecule has 0 fully saturated rings. The van der Waals surface area contributed by atoms with E-state index in [1.165, 1.54) is 0 Å². The van der Waals surface area contributed by atoms with Gasteiger partial charge >= 0.3 is 17.9 Å². The van der Waals surface area contributed by atoms with Crippen LogP contribution >= 0.6 is 47.8 Å². The third-order valence-corrected chi connectivity index (χ3v) is 7.46. The second-order valence-corrected chi connectivity index (χ2v) is 19.2. The van der Waals surface area contributed by atoms with E-state index in [4.69, 9.17) is 39.9 Å². The maximum Gasteiger partial charge on any atom is 0.322 e. The van der Waals surface area contributed by atoms with E-state index in [0.717, 1.165) is 0 Å². The molecule has 0 spiro atoms. The van der Waals surface area contributed by atoms with Crippen LogP contribution in [0.4, 0.5) is 0 Å².